The Morgan fingerprint density at radius 2 is 1.75 bits per heavy atom. The number of nitrogens with zero attached hydrogens (tertiary/aromatic N) is 3. The number of aliphatic hydroxyl groups is 1. The van der Waals surface area contributed by atoms with Gasteiger partial charge in [0.2, 0.25) is 10.0 Å². The summed E-state index contributed by atoms with van der Waals surface area (Å²) in [6.07, 6.45) is 6.97. The second kappa shape index (κ2) is 9.63. The Balaban J connectivity index is 1.19. The topological polar surface area (TPSA) is 105 Å². The minimum Gasteiger partial charge on any atom is -0.395 e. The van der Waals surface area contributed by atoms with Crippen molar-refractivity contribution in [2.24, 2.45) is 17.3 Å². The Bertz CT molecular complexity index is 1440. The molecule has 0 bridgehead atoms. The summed E-state index contributed by atoms with van der Waals surface area (Å²) in [4.78, 5) is 20.9. The first-order chi connectivity index (χ1) is 19.2. The molecule has 2 atom stereocenters. The highest BCUT2D eigenvalue weighted by Crippen LogP contribution is 2.54. The van der Waals surface area contributed by atoms with Gasteiger partial charge in [-0.2, -0.15) is 0 Å². The number of hydrogen-bond acceptors (Lipinski definition) is 7. The van der Waals surface area contributed by atoms with Crippen molar-refractivity contribution in [2.45, 2.75) is 43.4 Å². The van der Waals surface area contributed by atoms with Crippen molar-refractivity contribution >= 4 is 38.7 Å². The smallest absolute Gasteiger partial charge is 0.255 e. The number of anilines is 4. The zero-order valence-electron chi connectivity index (χ0n) is 23.2. The van der Waals surface area contributed by atoms with E-state index < -0.39 is 10.0 Å². The molecule has 2 saturated heterocycles. The van der Waals surface area contributed by atoms with Crippen LogP contribution in [-0.2, 0) is 16.4 Å². The number of nitrogens with one attached hydrogen (secondary N) is 2. The average molecular weight is 566 g/mol. The monoisotopic (exact) mass is 565 g/mol. The van der Waals surface area contributed by atoms with Gasteiger partial charge in [-0.15, -0.1) is 0 Å². The standard InChI is InChI=1S/C30H39N5O4S/c1-33-10-4-20-14-21(16-27(28(20)33)35-18-22-15-23(22)19-35)29(37)32-25-3-2-24(40(38,39)31-9-13-36)17-26(25)34-11-7-30(5-6-30)8-12-34/h2-3,14,16-17,22-23,31,36H,4-13,15,18-19H2,1H3,(H,32,37). The van der Waals surface area contributed by atoms with Crippen LogP contribution in [-0.4, -0.2) is 72.4 Å². The molecule has 2 aromatic rings. The van der Waals surface area contributed by atoms with Crippen LogP contribution in [0.15, 0.2) is 35.2 Å². The van der Waals surface area contributed by atoms with Gasteiger partial charge in [0.1, 0.15) is 0 Å². The maximum atomic E-state index is 13.8. The normalized spacial score (nSPS) is 24.3. The fourth-order valence-corrected chi connectivity index (χ4v) is 8.12. The van der Waals surface area contributed by atoms with Crippen molar-refractivity contribution in [2.75, 3.05) is 72.9 Å². The zero-order valence-corrected chi connectivity index (χ0v) is 24.0. The van der Waals surface area contributed by atoms with Crippen LogP contribution in [0.25, 0.3) is 0 Å². The van der Waals surface area contributed by atoms with E-state index in [1.807, 2.05) is 6.07 Å². The van der Waals surface area contributed by atoms with Crippen LogP contribution in [0, 0.1) is 17.3 Å². The molecule has 1 spiro atoms. The summed E-state index contributed by atoms with van der Waals surface area (Å²) >= 11 is 0. The molecular weight excluding hydrogens is 526 g/mol. The lowest BCUT2D eigenvalue weighted by Crippen LogP contribution is -2.35. The number of sulfonamides is 1. The Hall–Kier alpha value is -2.82. The fraction of sp³-hybridized carbons (Fsp3) is 0.567. The maximum Gasteiger partial charge on any atom is 0.255 e. The summed E-state index contributed by atoms with van der Waals surface area (Å²) in [6, 6.07) is 8.99. The molecular formula is C30H39N5O4S. The number of benzene rings is 2. The number of hydrogen-bond donors (Lipinski definition) is 3. The Morgan fingerprint density at radius 3 is 2.45 bits per heavy atom. The molecule has 2 unspecified atom stereocenters. The molecule has 214 valence electrons. The van der Waals surface area contributed by atoms with Crippen molar-refractivity contribution in [3.63, 3.8) is 0 Å². The first-order valence-corrected chi connectivity index (χ1v) is 16.2. The van der Waals surface area contributed by atoms with Crippen molar-refractivity contribution in [1.82, 2.24) is 4.72 Å². The Labute approximate surface area is 236 Å². The highest BCUT2D eigenvalue weighted by Gasteiger charge is 2.46. The quantitative estimate of drug-likeness (QED) is 0.452. The van der Waals surface area contributed by atoms with Gasteiger partial charge in [0, 0.05) is 51.9 Å². The van der Waals surface area contributed by atoms with Crippen LogP contribution < -0.4 is 24.7 Å². The molecule has 2 aliphatic carbocycles. The number of fused-ring (bicyclic) bond motifs is 2. The molecule has 3 heterocycles. The van der Waals surface area contributed by atoms with Crippen LogP contribution in [0.4, 0.5) is 22.7 Å². The third-order valence-electron chi connectivity index (χ3n) is 9.90. The van der Waals surface area contributed by atoms with E-state index in [2.05, 4.69) is 37.9 Å². The van der Waals surface area contributed by atoms with Crippen LogP contribution in [0.3, 0.4) is 0 Å². The van der Waals surface area contributed by atoms with Gasteiger partial charge in [-0.25, -0.2) is 13.1 Å². The lowest BCUT2D eigenvalue weighted by atomic mass is 9.93. The molecule has 9 nitrogen and oxygen atoms in total. The predicted molar refractivity (Wildman–Crippen MR) is 157 cm³/mol. The van der Waals surface area contributed by atoms with Gasteiger partial charge >= 0.3 is 0 Å². The zero-order chi connectivity index (χ0) is 27.6. The number of rotatable bonds is 8. The number of carbonyl (C=O) groups is 1. The first-order valence-electron chi connectivity index (χ1n) is 14.7. The van der Waals surface area contributed by atoms with E-state index in [9.17, 15) is 13.2 Å². The van der Waals surface area contributed by atoms with Gasteiger partial charge in [0.05, 0.1) is 34.3 Å². The van der Waals surface area contributed by atoms with Gasteiger partial charge in [-0.1, -0.05) is 0 Å². The van der Waals surface area contributed by atoms with Crippen LogP contribution in [0.5, 0.6) is 0 Å². The Kier molecular flexibility index (Phi) is 6.29. The van der Waals surface area contributed by atoms with Crippen molar-refractivity contribution in [3.05, 3.63) is 41.5 Å². The second-order valence-corrected chi connectivity index (χ2v) is 14.3. The van der Waals surface area contributed by atoms with Crippen LogP contribution in [0.2, 0.25) is 0 Å². The molecule has 3 aliphatic heterocycles. The van der Waals surface area contributed by atoms with Gasteiger partial charge in [0.15, 0.2) is 0 Å². The molecule has 0 radical (unpaired) electrons. The SMILES string of the molecule is CN1CCc2cc(C(=O)Nc3ccc(S(=O)(=O)NCCO)cc3N3CCC4(CC3)CC4)cc(N3CC4CC4C3)c21. The van der Waals surface area contributed by atoms with E-state index in [4.69, 9.17) is 5.11 Å². The molecule has 10 heteroatoms. The number of carbonyl (C=O) groups excluding carboxylic acids is 1. The highest BCUT2D eigenvalue weighted by atomic mass is 32.2. The van der Waals surface area contributed by atoms with Gasteiger partial charge in [0.25, 0.3) is 5.91 Å². The summed E-state index contributed by atoms with van der Waals surface area (Å²) in [5.41, 5.74) is 6.11. The minimum absolute atomic E-state index is 0.0449. The molecule has 2 aromatic carbocycles. The fourth-order valence-electron chi connectivity index (χ4n) is 7.08. The molecule has 7 rings (SSSR count). The van der Waals surface area contributed by atoms with E-state index in [1.165, 1.54) is 36.6 Å². The van der Waals surface area contributed by atoms with Crippen molar-refractivity contribution in [3.8, 4) is 0 Å². The number of amides is 1. The molecule has 1 amide bonds. The van der Waals surface area contributed by atoms with E-state index >= 15 is 0 Å². The summed E-state index contributed by atoms with van der Waals surface area (Å²) in [7, 11) is -1.65. The van der Waals surface area contributed by atoms with Gasteiger partial charge in [-0.3, -0.25) is 4.79 Å². The maximum absolute atomic E-state index is 13.8. The number of piperidine rings is 2. The third kappa shape index (κ3) is 4.73. The van der Waals surface area contributed by atoms with E-state index in [0.29, 0.717) is 16.7 Å². The Morgan fingerprint density at radius 1 is 1.00 bits per heavy atom. The summed E-state index contributed by atoms with van der Waals surface area (Å²) in [5, 5.41) is 12.3. The second-order valence-electron chi connectivity index (χ2n) is 12.6. The van der Waals surface area contributed by atoms with Crippen molar-refractivity contribution < 1.29 is 18.3 Å². The molecule has 5 aliphatic rings. The van der Waals surface area contributed by atoms with E-state index in [0.717, 1.165) is 75.2 Å². The number of likely N-dealkylation sites (N-methyl/N-ethyl adjacent to an activating group) is 1. The van der Waals surface area contributed by atoms with Gasteiger partial charge < -0.3 is 25.1 Å². The summed E-state index contributed by atoms with van der Waals surface area (Å²) < 4.78 is 28.2. The molecule has 2 saturated carbocycles. The minimum atomic E-state index is -3.78. The van der Waals surface area contributed by atoms with Gasteiger partial charge in [-0.05, 0) is 91.7 Å². The highest BCUT2D eigenvalue weighted by molar-refractivity contribution is 7.89. The molecule has 4 fully saturated rings. The largest absolute Gasteiger partial charge is 0.395 e. The average Bonchev–Trinajstić information content (AvgIpc) is 3.81. The van der Waals surface area contributed by atoms with Crippen molar-refractivity contribution in [1.29, 1.82) is 0 Å². The van der Waals surface area contributed by atoms with Crippen LogP contribution >= 0.6 is 0 Å². The predicted octanol–water partition coefficient (Wildman–Crippen LogP) is 3.04. The number of aliphatic hydroxyl groups excluding tert-OH is 1. The molecule has 3 N–H and O–H groups in total. The summed E-state index contributed by atoms with van der Waals surface area (Å²) in [5.74, 6) is 1.42. The third-order valence-corrected chi connectivity index (χ3v) is 11.4. The van der Waals surface area contributed by atoms with E-state index in [1.54, 1.807) is 12.1 Å². The van der Waals surface area contributed by atoms with Crippen LogP contribution in [0.1, 0.15) is 48.0 Å². The van der Waals surface area contributed by atoms with E-state index in [-0.39, 0.29) is 24.0 Å². The molecule has 0 aromatic heterocycles. The lowest BCUT2D eigenvalue weighted by molar-refractivity contribution is 0.102. The lowest BCUT2D eigenvalue weighted by Gasteiger charge is -2.35. The summed E-state index contributed by atoms with van der Waals surface area (Å²) in [6.45, 7) is 4.44. The molecule has 40 heavy (non-hydrogen) atoms. The first kappa shape index (κ1) is 26.1.